The summed E-state index contributed by atoms with van der Waals surface area (Å²) < 4.78 is 15.5. The Morgan fingerprint density at radius 3 is 1.92 bits per heavy atom. The van der Waals surface area contributed by atoms with E-state index in [-0.39, 0.29) is 10.9 Å². The van der Waals surface area contributed by atoms with Crippen LogP contribution in [0.1, 0.15) is 13.3 Å². The van der Waals surface area contributed by atoms with E-state index < -0.39 is 0 Å². The Morgan fingerprint density at radius 2 is 1.32 bits per heavy atom. The van der Waals surface area contributed by atoms with Crippen molar-refractivity contribution in [1.29, 1.82) is 0 Å². The molecule has 0 radical (unpaired) electrons. The van der Waals surface area contributed by atoms with E-state index in [1.807, 2.05) is 60.7 Å². The second kappa shape index (κ2) is 11.4. The highest BCUT2D eigenvalue weighted by Crippen LogP contribution is 2.37. The zero-order valence-corrected chi connectivity index (χ0v) is 24.5. The minimum absolute atomic E-state index is 0.0387. The van der Waals surface area contributed by atoms with Crippen LogP contribution in [0.3, 0.4) is 0 Å². The SMILES string of the molecule is CCCOc1ccc(Br)c2c(=O)c3ccccc3sc12.COc1ccc(Cl)c2c(=O)c3ccccc3sc12. The van der Waals surface area contributed by atoms with Crippen molar-refractivity contribution in [2.75, 3.05) is 13.7 Å². The standard InChI is InChI=1S/C16H13BrO2S.C14H9ClO2S/c1-2-9-19-12-8-7-11(17)14-15(18)10-5-3-4-6-13(10)20-16(12)14;1-17-10-7-6-9(15)12-13(16)8-4-2-3-5-11(8)18-14(10)12/h3-8H,2,9H2,1H3;2-7H,1H3. The number of halogens is 2. The van der Waals surface area contributed by atoms with E-state index in [1.54, 1.807) is 30.6 Å². The molecule has 0 unspecified atom stereocenters. The molecule has 0 amide bonds. The molecule has 0 aliphatic heterocycles. The van der Waals surface area contributed by atoms with Crippen molar-refractivity contribution < 1.29 is 9.47 Å². The lowest BCUT2D eigenvalue weighted by atomic mass is 10.2. The molecule has 192 valence electrons. The molecule has 4 aromatic carbocycles. The number of benzene rings is 4. The van der Waals surface area contributed by atoms with Crippen LogP contribution < -0.4 is 20.3 Å². The molecule has 2 heterocycles. The largest absolute Gasteiger partial charge is 0.495 e. The lowest BCUT2D eigenvalue weighted by Gasteiger charge is -2.09. The summed E-state index contributed by atoms with van der Waals surface area (Å²) in [6, 6.07) is 22.5. The first-order valence-electron chi connectivity index (χ1n) is 11.9. The first kappa shape index (κ1) is 26.6. The molecule has 0 N–H and O–H groups in total. The lowest BCUT2D eigenvalue weighted by Crippen LogP contribution is -2.03. The smallest absolute Gasteiger partial charge is 0.197 e. The van der Waals surface area contributed by atoms with Gasteiger partial charge >= 0.3 is 0 Å². The fourth-order valence-corrected chi connectivity index (χ4v) is 7.47. The van der Waals surface area contributed by atoms with Crippen molar-refractivity contribution in [2.45, 2.75) is 13.3 Å². The maximum absolute atomic E-state index is 12.7. The van der Waals surface area contributed by atoms with E-state index in [0.717, 1.165) is 40.8 Å². The van der Waals surface area contributed by atoms with Crippen LogP contribution in [0.5, 0.6) is 11.5 Å². The minimum Gasteiger partial charge on any atom is -0.495 e. The van der Waals surface area contributed by atoms with Gasteiger partial charge in [0.05, 0.1) is 38.9 Å². The fourth-order valence-electron chi connectivity index (χ4n) is 4.17. The number of ether oxygens (including phenoxy) is 2. The van der Waals surface area contributed by atoms with Gasteiger partial charge in [-0.1, -0.05) is 42.8 Å². The van der Waals surface area contributed by atoms with Crippen molar-refractivity contribution in [3.63, 3.8) is 0 Å². The van der Waals surface area contributed by atoms with Crippen molar-refractivity contribution in [1.82, 2.24) is 0 Å². The summed E-state index contributed by atoms with van der Waals surface area (Å²) in [5.74, 6) is 1.47. The predicted octanol–water partition coefficient (Wildman–Crippen LogP) is 9.04. The molecule has 38 heavy (non-hydrogen) atoms. The highest BCUT2D eigenvalue weighted by molar-refractivity contribution is 9.10. The normalized spacial score (nSPS) is 11.1. The lowest BCUT2D eigenvalue weighted by molar-refractivity contribution is 0.321. The molecule has 0 atom stereocenters. The average molecular weight is 626 g/mol. The Hall–Kier alpha value is -2.97. The molecular formula is C30H22BrClO4S2. The van der Waals surface area contributed by atoms with Gasteiger partial charge in [-0.05, 0) is 70.9 Å². The van der Waals surface area contributed by atoms with Crippen LogP contribution in [0.15, 0.2) is 86.9 Å². The van der Waals surface area contributed by atoms with Crippen LogP contribution >= 0.6 is 50.2 Å². The Bertz CT molecular complexity index is 1930. The summed E-state index contributed by atoms with van der Waals surface area (Å²) in [5, 5.41) is 3.18. The summed E-state index contributed by atoms with van der Waals surface area (Å²) in [5.41, 5.74) is 0.0198. The van der Waals surface area contributed by atoms with Crippen LogP contribution in [-0.2, 0) is 0 Å². The average Bonchev–Trinajstić information content (AvgIpc) is 2.93. The minimum atomic E-state index is -0.0387. The second-order valence-corrected chi connectivity index (χ2v) is 11.8. The Balaban J connectivity index is 0.000000156. The quantitative estimate of drug-likeness (QED) is 0.183. The van der Waals surface area contributed by atoms with E-state index >= 15 is 0 Å². The monoisotopic (exact) mass is 624 g/mol. The Labute approximate surface area is 240 Å². The molecule has 0 aliphatic rings. The van der Waals surface area contributed by atoms with E-state index in [2.05, 4.69) is 22.9 Å². The third-order valence-electron chi connectivity index (χ3n) is 5.96. The third kappa shape index (κ3) is 4.92. The van der Waals surface area contributed by atoms with E-state index in [1.165, 1.54) is 11.3 Å². The molecule has 0 spiro atoms. The molecule has 8 heteroatoms. The third-order valence-corrected chi connectivity index (χ3v) is 9.31. The summed E-state index contributed by atoms with van der Waals surface area (Å²) in [4.78, 5) is 25.1. The van der Waals surface area contributed by atoms with Crippen LogP contribution in [-0.4, -0.2) is 13.7 Å². The van der Waals surface area contributed by atoms with Crippen molar-refractivity contribution in [2.24, 2.45) is 0 Å². The molecule has 0 fully saturated rings. The van der Waals surface area contributed by atoms with Gasteiger partial charge in [0.15, 0.2) is 10.9 Å². The maximum Gasteiger partial charge on any atom is 0.197 e. The van der Waals surface area contributed by atoms with Crippen molar-refractivity contribution in [3.05, 3.63) is 103 Å². The van der Waals surface area contributed by atoms with Crippen molar-refractivity contribution in [3.8, 4) is 11.5 Å². The van der Waals surface area contributed by atoms with Gasteiger partial charge < -0.3 is 9.47 Å². The van der Waals surface area contributed by atoms with Crippen LogP contribution in [0, 0.1) is 0 Å². The zero-order valence-electron chi connectivity index (χ0n) is 20.5. The predicted molar refractivity (Wildman–Crippen MR) is 166 cm³/mol. The van der Waals surface area contributed by atoms with Gasteiger partial charge in [-0.3, -0.25) is 9.59 Å². The molecule has 6 rings (SSSR count). The van der Waals surface area contributed by atoms with E-state index in [9.17, 15) is 9.59 Å². The number of fused-ring (bicyclic) bond motifs is 4. The topological polar surface area (TPSA) is 52.6 Å². The summed E-state index contributed by atoms with van der Waals surface area (Å²) in [6.45, 7) is 2.73. The molecular weight excluding hydrogens is 604 g/mol. The number of hydrogen-bond acceptors (Lipinski definition) is 6. The van der Waals surface area contributed by atoms with Gasteiger partial charge in [0, 0.05) is 24.6 Å². The van der Waals surface area contributed by atoms with Gasteiger partial charge in [0.2, 0.25) is 0 Å². The van der Waals surface area contributed by atoms with Crippen LogP contribution in [0.25, 0.3) is 40.3 Å². The molecule has 6 aromatic rings. The molecule has 4 nitrogen and oxygen atoms in total. The maximum atomic E-state index is 12.7. The molecule has 0 saturated heterocycles. The van der Waals surface area contributed by atoms with Crippen LogP contribution in [0.2, 0.25) is 5.02 Å². The molecule has 0 aliphatic carbocycles. The summed E-state index contributed by atoms with van der Waals surface area (Å²) in [6.07, 6.45) is 0.944. The number of methoxy groups -OCH3 is 1. The summed E-state index contributed by atoms with van der Waals surface area (Å²) in [7, 11) is 1.59. The first-order valence-corrected chi connectivity index (χ1v) is 14.7. The van der Waals surface area contributed by atoms with E-state index in [4.69, 9.17) is 21.1 Å². The van der Waals surface area contributed by atoms with Gasteiger partial charge in [-0.2, -0.15) is 0 Å². The highest BCUT2D eigenvalue weighted by atomic mass is 79.9. The molecule has 2 aromatic heterocycles. The molecule has 0 saturated carbocycles. The fraction of sp³-hybridized carbons (Fsp3) is 0.133. The zero-order chi connectivity index (χ0) is 26.8. The Kier molecular flexibility index (Phi) is 8.00. The van der Waals surface area contributed by atoms with Crippen molar-refractivity contribution >= 4 is 90.5 Å². The second-order valence-electron chi connectivity index (χ2n) is 8.41. The number of rotatable bonds is 4. The van der Waals surface area contributed by atoms with E-state index in [0.29, 0.717) is 33.5 Å². The van der Waals surface area contributed by atoms with Gasteiger partial charge in [0.1, 0.15) is 11.5 Å². The number of hydrogen-bond donors (Lipinski definition) is 0. The van der Waals surface area contributed by atoms with Gasteiger partial charge in [-0.25, -0.2) is 0 Å². The Morgan fingerprint density at radius 1 is 0.763 bits per heavy atom. The first-order chi connectivity index (χ1) is 18.4. The summed E-state index contributed by atoms with van der Waals surface area (Å²) >= 11 is 12.8. The van der Waals surface area contributed by atoms with Gasteiger partial charge in [0.25, 0.3) is 0 Å². The highest BCUT2D eigenvalue weighted by Gasteiger charge is 2.14. The van der Waals surface area contributed by atoms with Gasteiger partial charge in [-0.15, -0.1) is 22.7 Å². The molecule has 0 bridgehead atoms. The van der Waals surface area contributed by atoms with Crippen LogP contribution in [0.4, 0.5) is 0 Å².